The number of hydrogen-bond acceptors (Lipinski definition) is 5. The van der Waals surface area contributed by atoms with E-state index in [9.17, 15) is 9.59 Å². The summed E-state index contributed by atoms with van der Waals surface area (Å²) in [6.45, 7) is 0.270. The van der Waals surface area contributed by atoms with Crippen molar-refractivity contribution in [3.63, 3.8) is 0 Å². The van der Waals surface area contributed by atoms with Crippen LogP contribution in [-0.4, -0.2) is 22.0 Å². The quantitative estimate of drug-likeness (QED) is 0.410. The van der Waals surface area contributed by atoms with E-state index in [0.29, 0.717) is 0 Å². The molecule has 0 saturated carbocycles. The van der Waals surface area contributed by atoms with Crippen LogP contribution in [0.15, 0.2) is 66.7 Å². The molecule has 0 radical (unpaired) electrons. The first-order chi connectivity index (χ1) is 14.5. The fraction of sp³-hybridized carbons (Fsp3) is 0.0870. The average molecular weight is 417 g/mol. The number of carbonyl (C=O) groups excluding carboxylic acids is 1. The summed E-state index contributed by atoms with van der Waals surface area (Å²) in [6, 6.07) is 20.2. The Morgan fingerprint density at radius 1 is 1.00 bits per heavy atom. The molecule has 1 amide bonds. The second-order valence-electron chi connectivity index (χ2n) is 6.87. The number of carboxylic acids is 1. The second-order valence-corrected chi connectivity index (χ2v) is 7.99. The fourth-order valence-electron chi connectivity index (χ4n) is 3.12. The minimum absolute atomic E-state index is 0.159. The van der Waals surface area contributed by atoms with E-state index in [0.717, 1.165) is 37.6 Å². The molecule has 0 fully saturated rings. The van der Waals surface area contributed by atoms with Crippen LogP contribution in [0, 0.1) is 0 Å². The summed E-state index contributed by atoms with van der Waals surface area (Å²) in [5.74, 6) is -1.15. The number of nitrogens with zero attached hydrogens (tertiary/aromatic N) is 1. The van der Waals surface area contributed by atoms with Gasteiger partial charge in [-0.1, -0.05) is 30.3 Å². The fourth-order valence-corrected chi connectivity index (χ4v) is 4.12. The number of fused-ring (bicyclic) bond motifs is 1. The summed E-state index contributed by atoms with van der Waals surface area (Å²) in [5, 5.41) is 12.6. The van der Waals surface area contributed by atoms with E-state index in [2.05, 4.69) is 16.4 Å². The van der Waals surface area contributed by atoms with Crippen LogP contribution in [0.1, 0.15) is 20.9 Å². The maximum atomic E-state index is 12.3. The molecule has 4 aromatic rings. The lowest BCUT2D eigenvalue weighted by molar-refractivity contribution is -0.120. The van der Waals surface area contributed by atoms with Gasteiger partial charge in [0.15, 0.2) is 0 Å². The molecule has 0 unspecified atom stereocenters. The van der Waals surface area contributed by atoms with Crippen LogP contribution in [0.2, 0.25) is 0 Å². The van der Waals surface area contributed by atoms with Crippen molar-refractivity contribution in [3.8, 4) is 11.1 Å². The molecule has 0 bridgehead atoms. The molecular weight excluding hydrogens is 398 g/mol. The van der Waals surface area contributed by atoms with Crippen molar-refractivity contribution >= 4 is 39.1 Å². The van der Waals surface area contributed by atoms with Crippen LogP contribution in [0.5, 0.6) is 0 Å². The van der Waals surface area contributed by atoms with Gasteiger partial charge in [0.05, 0.1) is 22.2 Å². The van der Waals surface area contributed by atoms with Crippen LogP contribution >= 0.6 is 11.3 Å². The molecule has 30 heavy (non-hydrogen) atoms. The van der Waals surface area contributed by atoms with E-state index in [-0.39, 0.29) is 24.4 Å². The minimum Gasteiger partial charge on any atom is -0.478 e. The monoisotopic (exact) mass is 417 g/mol. The molecule has 0 saturated heterocycles. The van der Waals surface area contributed by atoms with E-state index in [4.69, 9.17) is 10.8 Å². The molecule has 7 heteroatoms. The zero-order valence-electron chi connectivity index (χ0n) is 16.0. The predicted molar refractivity (Wildman–Crippen MR) is 118 cm³/mol. The van der Waals surface area contributed by atoms with Crippen molar-refractivity contribution in [1.29, 1.82) is 0 Å². The Hall–Kier alpha value is -3.71. The van der Waals surface area contributed by atoms with Gasteiger partial charge in [-0.05, 0) is 53.1 Å². The van der Waals surface area contributed by atoms with Gasteiger partial charge < -0.3 is 16.2 Å². The van der Waals surface area contributed by atoms with Crippen LogP contribution in [0.4, 0.5) is 5.69 Å². The number of carbonyl (C=O) groups is 2. The molecule has 0 aliphatic carbocycles. The number of nitrogens with two attached hydrogens (primary N) is 1. The Morgan fingerprint density at radius 2 is 1.77 bits per heavy atom. The first-order valence-corrected chi connectivity index (χ1v) is 10.1. The summed E-state index contributed by atoms with van der Waals surface area (Å²) >= 11 is 1.49. The predicted octanol–water partition coefficient (Wildman–Crippen LogP) is 4.10. The van der Waals surface area contributed by atoms with Gasteiger partial charge in [-0.2, -0.15) is 0 Å². The normalized spacial score (nSPS) is 10.8. The molecule has 0 spiro atoms. The number of hydrogen-bond donors (Lipinski definition) is 3. The lowest BCUT2D eigenvalue weighted by Gasteiger charge is -2.05. The topological polar surface area (TPSA) is 105 Å². The molecular formula is C23H19N3O3S. The van der Waals surface area contributed by atoms with Gasteiger partial charge in [0.2, 0.25) is 5.91 Å². The van der Waals surface area contributed by atoms with Crippen molar-refractivity contribution in [2.45, 2.75) is 13.0 Å². The molecule has 0 aliphatic rings. The van der Waals surface area contributed by atoms with E-state index in [1.807, 2.05) is 36.4 Å². The van der Waals surface area contributed by atoms with Gasteiger partial charge in [-0.25, -0.2) is 9.78 Å². The second kappa shape index (κ2) is 8.34. The first kappa shape index (κ1) is 19.6. The highest BCUT2D eigenvalue weighted by Crippen LogP contribution is 2.29. The van der Waals surface area contributed by atoms with Gasteiger partial charge in [0.25, 0.3) is 0 Å². The number of amides is 1. The van der Waals surface area contributed by atoms with Crippen molar-refractivity contribution < 1.29 is 14.7 Å². The SMILES string of the molecule is Nc1ccc(-c2ccc3nc(CC(=O)NCc4cccc(C(=O)O)c4)sc3c2)cc1. The molecule has 1 aromatic heterocycles. The van der Waals surface area contributed by atoms with Crippen molar-refractivity contribution in [1.82, 2.24) is 10.3 Å². The van der Waals surface area contributed by atoms with Crippen molar-refractivity contribution in [2.24, 2.45) is 0 Å². The van der Waals surface area contributed by atoms with Crippen LogP contribution < -0.4 is 11.1 Å². The minimum atomic E-state index is -0.990. The van der Waals surface area contributed by atoms with E-state index in [1.165, 1.54) is 17.4 Å². The van der Waals surface area contributed by atoms with E-state index < -0.39 is 5.97 Å². The van der Waals surface area contributed by atoms with E-state index in [1.54, 1.807) is 18.2 Å². The summed E-state index contributed by atoms with van der Waals surface area (Å²) < 4.78 is 1.02. The molecule has 1 heterocycles. The Morgan fingerprint density at radius 3 is 2.53 bits per heavy atom. The van der Waals surface area contributed by atoms with Crippen LogP contribution in [0.3, 0.4) is 0 Å². The Bertz CT molecular complexity index is 1230. The third-order valence-electron chi connectivity index (χ3n) is 4.65. The standard InChI is InChI=1S/C23H19N3O3S/c24-18-7-4-15(5-8-18)16-6-9-19-20(11-16)30-22(26-19)12-21(27)25-13-14-2-1-3-17(10-14)23(28)29/h1-11H,12-13,24H2,(H,25,27)(H,28,29). The van der Waals surface area contributed by atoms with Crippen molar-refractivity contribution in [3.05, 3.63) is 82.9 Å². The number of nitrogen functional groups attached to an aromatic ring is 1. The van der Waals surface area contributed by atoms with E-state index >= 15 is 0 Å². The lowest BCUT2D eigenvalue weighted by Crippen LogP contribution is -2.24. The highest BCUT2D eigenvalue weighted by molar-refractivity contribution is 7.18. The van der Waals surface area contributed by atoms with Crippen LogP contribution in [-0.2, 0) is 17.8 Å². The smallest absolute Gasteiger partial charge is 0.335 e. The number of carboxylic acid groups (broad SMARTS) is 1. The zero-order chi connectivity index (χ0) is 21.1. The lowest BCUT2D eigenvalue weighted by atomic mass is 10.1. The average Bonchev–Trinajstić information content (AvgIpc) is 3.14. The molecule has 6 nitrogen and oxygen atoms in total. The summed E-state index contributed by atoms with van der Waals surface area (Å²) in [4.78, 5) is 27.9. The molecule has 4 rings (SSSR count). The summed E-state index contributed by atoms with van der Waals surface area (Å²) in [5.41, 5.74) is 10.4. The van der Waals surface area contributed by atoms with Crippen LogP contribution in [0.25, 0.3) is 21.3 Å². The zero-order valence-corrected chi connectivity index (χ0v) is 16.8. The number of rotatable bonds is 6. The number of aromatic nitrogens is 1. The first-order valence-electron chi connectivity index (χ1n) is 9.32. The van der Waals surface area contributed by atoms with Gasteiger partial charge in [-0.15, -0.1) is 11.3 Å². The number of aromatic carboxylic acids is 1. The highest BCUT2D eigenvalue weighted by atomic mass is 32.1. The maximum Gasteiger partial charge on any atom is 0.335 e. The molecule has 3 aromatic carbocycles. The molecule has 150 valence electrons. The maximum absolute atomic E-state index is 12.3. The number of anilines is 1. The van der Waals surface area contributed by atoms with Gasteiger partial charge in [0, 0.05) is 12.2 Å². The third kappa shape index (κ3) is 4.47. The molecule has 4 N–H and O–H groups in total. The van der Waals surface area contributed by atoms with Gasteiger partial charge >= 0.3 is 5.97 Å². The Balaban J connectivity index is 1.43. The van der Waals surface area contributed by atoms with Crippen molar-refractivity contribution in [2.75, 3.05) is 5.73 Å². The largest absolute Gasteiger partial charge is 0.478 e. The highest BCUT2D eigenvalue weighted by Gasteiger charge is 2.11. The number of benzene rings is 3. The number of thiazole rings is 1. The Labute approximate surface area is 177 Å². The third-order valence-corrected chi connectivity index (χ3v) is 5.67. The van der Waals surface area contributed by atoms with Gasteiger partial charge in [0.1, 0.15) is 5.01 Å². The molecule has 0 aliphatic heterocycles. The van der Waals surface area contributed by atoms with Gasteiger partial charge in [-0.3, -0.25) is 4.79 Å². The number of nitrogens with one attached hydrogen (secondary N) is 1. The molecule has 0 atom stereocenters. The summed E-state index contributed by atoms with van der Waals surface area (Å²) in [6.07, 6.45) is 0.176. The Kier molecular flexibility index (Phi) is 5.45. The summed E-state index contributed by atoms with van der Waals surface area (Å²) in [7, 11) is 0.